The molecule has 2 atom stereocenters. The van der Waals surface area contributed by atoms with Crippen LogP contribution in [0, 0.1) is 17.7 Å². The van der Waals surface area contributed by atoms with Gasteiger partial charge in [-0.25, -0.2) is 13.9 Å². The number of halogens is 1. The maximum absolute atomic E-state index is 14.3. The number of carboxylic acids is 1. The maximum atomic E-state index is 14.3. The summed E-state index contributed by atoms with van der Waals surface area (Å²) in [6, 6.07) is 5.98. The van der Waals surface area contributed by atoms with Crippen LogP contribution in [0.1, 0.15) is 18.9 Å². The third-order valence-corrected chi connectivity index (χ3v) is 4.56. The molecule has 8 heteroatoms. The number of amides is 2. The number of carbonyl (C=O) groups is 2. The average molecular weight is 360 g/mol. The summed E-state index contributed by atoms with van der Waals surface area (Å²) in [5.74, 6) is -1.81. The predicted molar refractivity (Wildman–Crippen MR) is 92.2 cm³/mol. The molecule has 2 aromatic rings. The van der Waals surface area contributed by atoms with Gasteiger partial charge in [0, 0.05) is 37.6 Å². The molecule has 1 aromatic carbocycles. The molecule has 0 saturated carbocycles. The van der Waals surface area contributed by atoms with Gasteiger partial charge in [0.2, 0.25) is 0 Å². The van der Waals surface area contributed by atoms with Crippen molar-refractivity contribution in [1.82, 2.24) is 20.0 Å². The standard InChI is InChI=1S/C18H21FN4O3/c1-12-8-13(17(24)25)11-22(10-12)18(26)20-9-14-15(19)4-2-5-16(14)23-7-3-6-21-23/h2-7,12-13H,8-11H2,1H3,(H,20,26)(H,24,25). The van der Waals surface area contributed by atoms with Gasteiger partial charge in [0.25, 0.3) is 0 Å². The number of nitrogens with one attached hydrogen (secondary N) is 1. The SMILES string of the molecule is CC1CC(C(=O)O)CN(C(=O)NCc2c(F)cccc2-n2cccn2)C1. The molecule has 3 rings (SSSR count). The lowest BCUT2D eigenvalue weighted by Gasteiger charge is -2.34. The first-order chi connectivity index (χ1) is 12.5. The molecule has 1 aromatic heterocycles. The number of aliphatic carboxylic acids is 1. The molecule has 1 aliphatic heterocycles. The van der Waals surface area contributed by atoms with Crippen LogP contribution >= 0.6 is 0 Å². The number of rotatable bonds is 4. The summed E-state index contributed by atoms with van der Waals surface area (Å²) in [6.07, 6.45) is 3.84. The maximum Gasteiger partial charge on any atom is 0.317 e. The molecule has 2 heterocycles. The van der Waals surface area contributed by atoms with Gasteiger partial charge in [0.05, 0.1) is 11.6 Å². The van der Waals surface area contributed by atoms with E-state index in [0.717, 1.165) is 0 Å². The molecule has 2 unspecified atom stereocenters. The number of hydrogen-bond donors (Lipinski definition) is 2. The second kappa shape index (κ2) is 7.55. The smallest absolute Gasteiger partial charge is 0.317 e. The van der Waals surface area contributed by atoms with Crippen molar-refractivity contribution in [3.05, 3.63) is 48.0 Å². The van der Waals surface area contributed by atoms with Gasteiger partial charge < -0.3 is 15.3 Å². The topological polar surface area (TPSA) is 87.5 Å². The van der Waals surface area contributed by atoms with E-state index in [0.29, 0.717) is 24.2 Å². The molecule has 2 amide bonds. The molecule has 1 aliphatic rings. The lowest BCUT2D eigenvalue weighted by molar-refractivity contribution is -0.143. The van der Waals surface area contributed by atoms with Crippen molar-refractivity contribution < 1.29 is 19.1 Å². The lowest BCUT2D eigenvalue weighted by Crippen LogP contribution is -2.49. The second-order valence-corrected chi connectivity index (χ2v) is 6.63. The van der Waals surface area contributed by atoms with Crippen LogP contribution < -0.4 is 5.32 Å². The first kappa shape index (κ1) is 17.9. The summed E-state index contributed by atoms with van der Waals surface area (Å²) in [4.78, 5) is 25.2. The second-order valence-electron chi connectivity index (χ2n) is 6.63. The monoisotopic (exact) mass is 360 g/mol. The van der Waals surface area contributed by atoms with Crippen molar-refractivity contribution in [2.24, 2.45) is 11.8 Å². The van der Waals surface area contributed by atoms with E-state index in [2.05, 4.69) is 10.4 Å². The summed E-state index contributed by atoms with van der Waals surface area (Å²) in [6.45, 7) is 2.55. The molecule has 2 N–H and O–H groups in total. The van der Waals surface area contributed by atoms with Crippen LogP contribution in [-0.2, 0) is 11.3 Å². The fourth-order valence-electron chi connectivity index (χ4n) is 3.32. The number of piperidine rings is 1. The molecule has 7 nitrogen and oxygen atoms in total. The highest BCUT2D eigenvalue weighted by Crippen LogP contribution is 2.22. The van der Waals surface area contributed by atoms with Crippen molar-refractivity contribution >= 4 is 12.0 Å². The van der Waals surface area contributed by atoms with Crippen LogP contribution in [0.15, 0.2) is 36.7 Å². The Morgan fingerprint density at radius 1 is 1.35 bits per heavy atom. The van der Waals surface area contributed by atoms with Gasteiger partial charge in [-0.05, 0) is 30.5 Å². The Morgan fingerprint density at radius 3 is 2.85 bits per heavy atom. The molecule has 1 saturated heterocycles. The molecular weight excluding hydrogens is 339 g/mol. The van der Waals surface area contributed by atoms with Crippen LogP contribution in [0.4, 0.5) is 9.18 Å². The number of hydrogen-bond acceptors (Lipinski definition) is 3. The van der Waals surface area contributed by atoms with Crippen molar-refractivity contribution in [2.75, 3.05) is 13.1 Å². The summed E-state index contributed by atoms with van der Waals surface area (Å²) in [7, 11) is 0. The van der Waals surface area contributed by atoms with Crippen molar-refractivity contribution in [3.8, 4) is 5.69 Å². The van der Waals surface area contributed by atoms with Gasteiger partial charge >= 0.3 is 12.0 Å². The Labute approximate surface area is 150 Å². The van der Waals surface area contributed by atoms with Crippen molar-refractivity contribution in [3.63, 3.8) is 0 Å². The summed E-state index contributed by atoms with van der Waals surface area (Å²) < 4.78 is 15.8. The van der Waals surface area contributed by atoms with Crippen LogP contribution in [-0.4, -0.2) is 44.9 Å². The lowest BCUT2D eigenvalue weighted by atomic mass is 9.91. The minimum Gasteiger partial charge on any atom is -0.481 e. The van der Waals surface area contributed by atoms with Gasteiger partial charge in [-0.15, -0.1) is 0 Å². The number of aromatic nitrogens is 2. The normalized spacial score (nSPS) is 20.0. The number of nitrogens with zero attached hydrogens (tertiary/aromatic N) is 3. The number of benzene rings is 1. The van der Waals surface area contributed by atoms with E-state index in [-0.39, 0.29) is 19.0 Å². The Balaban J connectivity index is 1.71. The quantitative estimate of drug-likeness (QED) is 0.876. The van der Waals surface area contributed by atoms with Gasteiger partial charge in [-0.2, -0.15) is 5.10 Å². The van der Waals surface area contributed by atoms with Gasteiger partial charge in [0.1, 0.15) is 5.82 Å². The highest BCUT2D eigenvalue weighted by atomic mass is 19.1. The van der Waals surface area contributed by atoms with E-state index in [1.807, 2.05) is 6.92 Å². The highest BCUT2D eigenvalue weighted by Gasteiger charge is 2.31. The zero-order valence-electron chi connectivity index (χ0n) is 14.4. The van der Waals surface area contributed by atoms with E-state index < -0.39 is 23.7 Å². The number of likely N-dealkylation sites (tertiary alicyclic amines) is 1. The molecule has 138 valence electrons. The molecule has 1 fully saturated rings. The summed E-state index contributed by atoms with van der Waals surface area (Å²) in [5, 5.41) is 16.0. The Morgan fingerprint density at radius 2 is 2.15 bits per heavy atom. The largest absolute Gasteiger partial charge is 0.481 e. The fourth-order valence-corrected chi connectivity index (χ4v) is 3.32. The van der Waals surface area contributed by atoms with Crippen molar-refractivity contribution in [2.45, 2.75) is 19.9 Å². The molecule has 0 spiro atoms. The third-order valence-electron chi connectivity index (χ3n) is 4.56. The van der Waals surface area contributed by atoms with Gasteiger partial charge in [-0.1, -0.05) is 13.0 Å². The minimum atomic E-state index is -0.899. The fraction of sp³-hybridized carbons (Fsp3) is 0.389. The zero-order chi connectivity index (χ0) is 18.7. The van der Waals surface area contributed by atoms with Crippen LogP contribution in [0.25, 0.3) is 5.69 Å². The van der Waals surface area contributed by atoms with Gasteiger partial charge in [-0.3, -0.25) is 4.79 Å². The highest BCUT2D eigenvalue weighted by molar-refractivity contribution is 5.76. The van der Waals surface area contributed by atoms with E-state index >= 15 is 0 Å². The molecule has 0 bridgehead atoms. The van der Waals surface area contributed by atoms with Crippen LogP contribution in [0.3, 0.4) is 0 Å². The zero-order valence-corrected chi connectivity index (χ0v) is 14.4. The molecular formula is C18H21FN4O3. The van der Waals surface area contributed by atoms with E-state index in [4.69, 9.17) is 0 Å². The third kappa shape index (κ3) is 3.84. The van der Waals surface area contributed by atoms with E-state index in [1.165, 1.54) is 15.6 Å². The number of urea groups is 1. The summed E-state index contributed by atoms with van der Waals surface area (Å²) in [5.41, 5.74) is 0.870. The first-order valence-electron chi connectivity index (χ1n) is 8.48. The molecule has 0 aliphatic carbocycles. The number of carboxylic acid groups (broad SMARTS) is 1. The molecule has 26 heavy (non-hydrogen) atoms. The summed E-state index contributed by atoms with van der Waals surface area (Å²) >= 11 is 0. The van der Waals surface area contributed by atoms with E-state index in [1.54, 1.807) is 30.6 Å². The minimum absolute atomic E-state index is 0.0106. The Hall–Kier alpha value is -2.90. The number of carbonyl (C=O) groups excluding carboxylic acids is 1. The van der Waals surface area contributed by atoms with Crippen LogP contribution in [0.2, 0.25) is 0 Å². The molecule has 0 radical (unpaired) electrons. The average Bonchev–Trinajstić information content (AvgIpc) is 3.14. The van der Waals surface area contributed by atoms with E-state index in [9.17, 15) is 19.1 Å². The van der Waals surface area contributed by atoms with Crippen LogP contribution in [0.5, 0.6) is 0 Å². The first-order valence-corrected chi connectivity index (χ1v) is 8.48. The Bertz CT molecular complexity index is 794. The van der Waals surface area contributed by atoms with Crippen molar-refractivity contribution in [1.29, 1.82) is 0 Å². The Kier molecular flexibility index (Phi) is 5.20. The van der Waals surface area contributed by atoms with Gasteiger partial charge in [0.15, 0.2) is 0 Å². The predicted octanol–water partition coefficient (Wildman–Crippen LogP) is 2.26.